The van der Waals surface area contributed by atoms with E-state index in [4.69, 9.17) is 17.1 Å². The van der Waals surface area contributed by atoms with Gasteiger partial charge in [-0.25, -0.2) is 4.98 Å². The number of aryl methyl sites for hydroxylation is 1. The van der Waals surface area contributed by atoms with Crippen molar-refractivity contribution in [2.75, 3.05) is 6.54 Å². The zero-order valence-electron chi connectivity index (χ0n) is 8.58. The SMILES string of the molecule is Cc1nc(Cl)ccc1C(O)C(O)CN=[N+]=[N-]. The summed E-state index contributed by atoms with van der Waals surface area (Å²) < 4.78 is 0. The Hall–Kier alpha value is -1.33. The molecule has 1 aromatic heterocycles. The van der Waals surface area contributed by atoms with Crippen LogP contribution in [0.15, 0.2) is 17.2 Å². The largest absolute Gasteiger partial charge is 0.390 e. The van der Waals surface area contributed by atoms with Gasteiger partial charge < -0.3 is 10.2 Å². The Kier molecular flexibility index (Phi) is 4.52. The lowest BCUT2D eigenvalue weighted by atomic mass is 10.0. The van der Waals surface area contributed by atoms with Gasteiger partial charge in [0.2, 0.25) is 0 Å². The van der Waals surface area contributed by atoms with Crippen LogP contribution in [-0.2, 0) is 0 Å². The van der Waals surface area contributed by atoms with Crippen molar-refractivity contribution in [1.29, 1.82) is 0 Å². The van der Waals surface area contributed by atoms with Crippen molar-refractivity contribution in [3.63, 3.8) is 0 Å². The number of aliphatic hydroxyl groups is 2. The highest BCUT2D eigenvalue weighted by molar-refractivity contribution is 6.29. The molecule has 0 fully saturated rings. The van der Waals surface area contributed by atoms with Crippen LogP contribution in [0, 0.1) is 6.92 Å². The van der Waals surface area contributed by atoms with Crippen molar-refractivity contribution in [3.05, 3.63) is 39.0 Å². The average molecular weight is 243 g/mol. The summed E-state index contributed by atoms with van der Waals surface area (Å²) in [7, 11) is 0. The van der Waals surface area contributed by atoms with Crippen molar-refractivity contribution < 1.29 is 10.2 Å². The molecule has 16 heavy (non-hydrogen) atoms. The van der Waals surface area contributed by atoms with Crippen LogP contribution in [0.5, 0.6) is 0 Å². The molecule has 1 rings (SSSR count). The number of aromatic nitrogens is 1. The third-order valence-corrected chi connectivity index (χ3v) is 2.32. The van der Waals surface area contributed by atoms with E-state index in [1.807, 2.05) is 0 Å². The smallest absolute Gasteiger partial charge is 0.129 e. The Morgan fingerprint density at radius 3 is 2.81 bits per heavy atom. The van der Waals surface area contributed by atoms with Crippen LogP contribution in [0.3, 0.4) is 0 Å². The molecule has 0 aliphatic carbocycles. The molecule has 0 radical (unpaired) electrons. The summed E-state index contributed by atoms with van der Waals surface area (Å²) in [4.78, 5) is 6.45. The van der Waals surface area contributed by atoms with Crippen LogP contribution in [0.25, 0.3) is 10.4 Å². The number of halogens is 1. The third kappa shape index (κ3) is 3.08. The zero-order valence-corrected chi connectivity index (χ0v) is 9.33. The molecule has 0 aliphatic rings. The number of pyridine rings is 1. The molecule has 2 unspecified atom stereocenters. The number of azide groups is 1. The maximum absolute atomic E-state index is 9.77. The number of nitrogens with zero attached hydrogens (tertiary/aromatic N) is 4. The summed E-state index contributed by atoms with van der Waals surface area (Å²) in [6, 6.07) is 3.10. The first-order valence-electron chi connectivity index (χ1n) is 4.56. The molecule has 2 atom stereocenters. The normalized spacial score (nSPS) is 14.0. The first-order chi connectivity index (χ1) is 7.56. The van der Waals surface area contributed by atoms with Crippen molar-refractivity contribution in [1.82, 2.24) is 4.98 Å². The standard InChI is InChI=1S/C9H11ClN4O2/c1-5-6(2-3-8(10)13-5)9(16)7(15)4-12-14-11/h2-3,7,9,15-16H,4H2,1H3. The van der Waals surface area contributed by atoms with E-state index in [0.717, 1.165) is 0 Å². The van der Waals surface area contributed by atoms with Gasteiger partial charge in [-0.15, -0.1) is 0 Å². The molecule has 7 heteroatoms. The van der Waals surface area contributed by atoms with Gasteiger partial charge in [0.05, 0.1) is 12.6 Å². The van der Waals surface area contributed by atoms with E-state index in [1.54, 1.807) is 13.0 Å². The molecule has 0 bridgehead atoms. The van der Waals surface area contributed by atoms with Gasteiger partial charge >= 0.3 is 0 Å². The van der Waals surface area contributed by atoms with Gasteiger partial charge in [0.15, 0.2) is 0 Å². The summed E-state index contributed by atoms with van der Waals surface area (Å²) in [6.07, 6.45) is -2.30. The van der Waals surface area contributed by atoms with Gasteiger partial charge in [0, 0.05) is 16.2 Å². The average Bonchev–Trinajstić information content (AvgIpc) is 2.25. The molecular formula is C9H11ClN4O2. The highest BCUT2D eigenvalue weighted by Gasteiger charge is 2.19. The molecule has 1 aromatic rings. The Bertz CT molecular complexity index is 420. The van der Waals surface area contributed by atoms with Crippen LogP contribution < -0.4 is 0 Å². The number of hydrogen-bond donors (Lipinski definition) is 2. The molecule has 0 saturated carbocycles. The molecule has 0 spiro atoms. The molecule has 0 aromatic carbocycles. The van der Waals surface area contributed by atoms with Crippen molar-refractivity contribution in [2.24, 2.45) is 5.11 Å². The van der Waals surface area contributed by atoms with E-state index in [1.165, 1.54) is 6.07 Å². The van der Waals surface area contributed by atoms with Crippen molar-refractivity contribution in [2.45, 2.75) is 19.1 Å². The zero-order chi connectivity index (χ0) is 12.1. The van der Waals surface area contributed by atoms with Gasteiger partial charge in [0.1, 0.15) is 11.3 Å². The highest BCUT2D eigenvalue weighted by atomic mass is 35.5. The van der Waals surface area contributed by atoms with Crippen molar-refractivity contribution >= 4 is 11.6 Å². The van der Waals surface area contributed by atoms with Crippen molar-refractivity contribution in [3.8, 4) is 0 Å². The lowest BCUT2D eigenvalue weighted by Gasteiger charge is -2.17. The van der Waals surface area contributed by atoms with Gasteiger partial charge in [-0.05, 0) is 18.5 Å². The van der Waals surface area contributed by atoms with Crippen LogP contribution in [0.4, 0.5) is 0 Å². The molecule has 86 valence electrons. The fourth-order valence-electron chi connectivity index (χ4n) is 1.28. The summed E-state index contributed by atoms with van der Waals surface area (Å²) in [6.45, 7) is 1.48. The van der Waals surface area contributed by atoms with E-state index < -0.39 is 12.2 Å². The second kappa shape index (κ2) is 5.67. The second-order valence-corrected chi connectivity index (χ2v) is 3.62. The van der Waals surface area contributed by atoms with E-state index in [2.05, 4.69) is 15.0 Å². The van der Waals surface area contributed by atoms with Gasteiger partial charge in [0.25, 0.3) is 0 Å². The van der Waals surface area contributed by atoms with E-state index >= 15 is 0 Å². The molecule has 0 amide bonds. The van der Waals surface area contributed by atoms with Gasteiger partial charge in [-0.1, -0.05) is 22.8 Å². The Morgan fingerprint density at radius 2 is 2.25 bits per heavy atom. The minimum absolute atomic E-state index is 0.195. The van der Waals surface area contributed by atoms with Crippen LogP contribution in [-0.4, -0.2) is 27.8 Å². The summed E-state index contributed by atoms with van der Waals surface area (Å²) in [5.74, 6) is 0. The molecular weight excluding hydrogens is 232 g/mol. The fourth-order valence-corrected chi connectivity index (χ4v) is 1.47. The second-order valence-electron chi connectivity index (χ2n) is 3.23. The minimum atomic E-state index is -1.16. The number of aliphatic hydroxyl groups excluding tert-OH is 2. The summed E-state index contributed by atoms with van der Waals surface area (Å²) in [5.41, 5.74) is 9.09. The monoisotopic (exact) mass is 242 g/mol. The minimum Gasteiger partial charge on any atom is -0.390 e. The fraction of sp³-hybridized carbons (Fsp3) is 0.444. The quantitative estimate of drug-likeness (QED) is 0.364. The maximum Gasteiger partial charge on any atom is 0.129 e. The van der Waals surface area contributed by atoms with Gasteiger partial charge in [-0.2, -0.15) is 0 Å². The summed E-state index contributed by atoms with van der Waals surface area (Å²) in [5, 5.41) is 22.8. The molecule has 0 saturated heterocycles. The Labute approximate surface area is 97.1 Å². The van der Waals surface area contributed by atoms with Crippen LogP contribution in [0.2, 0.25) is 5.15 Å². The van der Waals surface area contributed by atoms with Gasteiger partial charge in [-0.3, -0.25) is 0 Å². The van der Waals surface area contributed by atoms with Crippen LogP contribution in [0.1, 0.15) is 17.4 Å². The lowest BCUT2D eigenvalue weighted by molar-refractivity contribution is 0.0238. The number of hydrogen-bond acceptors (Lipinski definition) is 4. The molecule has 6 nitrogen and oxygen atoms in total. The highest BCUT2D eigenvalue weighted by Crippen LogP contribution is 2.21. The lowest BCUT2D eigenvalue weighted by Crippen LogP contribution is -2.22. The van der Waals surface area contributed by atoms with E-state index in [9.17, 15) is 10.2 Å². The maximum atomic E-state index is 9.77. The predicted molar refractivity (Wildman–Crippen MR) is 59.0 cm³/mol. The summed E-state index contributed by atoms with van der Waals surface area (Å²) >= 11 is 5.66. The van der Waals surface area contributed by atoms with Crippen LogP contribution >= 0.6 is 11.6 Å². The number of rotatable bonds is 4. The Morgan fingerprint density at radius 1 is 1.56 bits per heavy atom. The topological polar surface area (TPSA) is 102 Å². The van der Waals surface area contributed by atoms with E-state index in [-0.39, 0.29) is 6.54 Å². The predicted octanol–water partition coefficient (Wildman–Crippen LogP) is 1.75. The van der Waals surface area contributed by atoms with E-state index in [0.29, 0.717) is 16.4 Å². The first kappa shape index (κ1) is 12.7. The molecule has 0 aliphatic heterocycles. The first-order valence-corrected chi connectivity index (χ1v) is 4.94. The Balaban J connectivity index is 2.86. The molecule has 1 heterocycles. The molecule has 2 N–H and O–H groups in total. The third-order valence-electron chi connectivity index (χ3n) is 2.11.